The number of hydrogen-bond donors (Lipinski definition) is 2. The van der Waals surface area contributed by atoms with Crippen LogP contribution in [-0.4, -0.2) is 29.6 Å². The summed E-state index contributed by atoms with van der Waals surface area (Å²) in [6.07, 6.45) is 5.40. The highest BCUT2D eigenvalue weighted by Crippen LogP contribution is 2.49. The molecule has 1 rings (SSSR count). The number of benzene rings is 1. The van der Waals surface area contributed by atoms with Crippen LogP contribution in [0.4, 0.5) is 0 Å². The topological polar surface area (TPSA) is 94.5 Å². The maximum Gasteiger partial charge on any atom is 0.524 e. The molecule has 0 aliphatic carbocycles. The summed E-state index contributed by atoms with van der Waals surface area (Å²) in [6, 6.07) is 3.03. The first-order valence-electron chi connectivity index (χ1n) is 9.23. The van der Waals surface area contributed by atoms with Crippen molar-refractivity contribution in [2.24, 2.45) is 0 Å². The van der Waals surface area contributed by atoms with Crippen LogP contribution in [0.3, 0.4) is 0 Å². The third-order valence-electron chi connectivity index (χ3n) is 3.50. The zero-order chi connectivity index (χ0) is 19.4. The van der Waals surface area contributed by atoms with Gasteiger partial charge in [-0.2, -0.15) is 0 Å². The minimum Gasteiger partial charge on any atom is -0.490 e. The molecule has 0 radical (unpaired) electrons. The number of phosphoric acid groups is 1. The number of unbranched alkanes of at least 4 members (excludes halogenated alkanes) is 3. The van der Waals surface area contributed by atoms with Crippen LogP contribution < -0.4 is 18.7 Å². The third kappa shape index (κ3) is 8.30. The molecular formula is C18H31O7P. The molecule has 0 aliphatic rings. The van der Waals surface area contributed by atoms with Gasteiger partial charge >= 0.3 is 7.82 Å². The van der Waals surface area contributed by atoms with Crippen LogP contribution in [0, 0.1) is 0 Å². The zero-order valence-corrected chi connectivity index (χ0v) is 16.8. The molecule has 26 heavy (non-hydrogen) atoms. The summed E-state index contributed by atoms with van der Waals surface area (Å²) in [4.78, 5) is 18.4. The second-order valence-corrected chi connectivity index (χ2v) is 7.07. The molecule has 7 nitrogen and oxygen atoms in total. The average Bonchev–Trinajstić information content (AvgIpc) is 2.57. The Balaban J connectivity index is 3.19. The zero-order valence-electron chi connectivity index (χ0n) is 15.9. The Hall–Kier alpha value is -1.43. The van der Waals surface area contributed by atoms with Gasteiger partial charge in [-0.1, -0.05) is 40.0 Å². The van der Waals surface area contributed by atoms with E-state index in [0.29, 0.717) is 31.3 Å². The molecule has 0 spiro atoms. The predicted molar refractivity (Wildman–Crippen MR) is 100 cm³/mol. The third-order valence-corrected chi connectivity index (χ3v) is 3.94. The Labute approximate surface area is 155 Å². The van der Waals surface area contributed by atoms with Crippen molar-refractivity contribution >= 4 is 7.82 Å². The van der Waals surface area contributed by atoms with Crippen molar-refractivity contribution in [3.63, 3.8) is 0 Å². The van der Waals surface area contributed by atoms with Crippen molar-refractivity contribution < 1.29 is 33.1 Å². The quantitative estimate of drug-likeness (QED) is 0.351. The number of hydrogen-bond acceptors (Lipinski definition) is 5. The van der Waals surface area contributed by atoms with Gasteiger partial charge in [0.2, 0.25) is 11.5 Å². The van der Waals surface area contributed by atoms with Crippen molar-refractivity contribution in [3.8, 4) is 23.0 Å². The first-order chi connectivity index (χ1) is 12.4. The Bertz CT molecular complexity index is 571. The Kier molecular flexibility index (Phi) is 10.5. The molecule has 2 N–H and O–H groups in total. The molecule has 0 saturated heterocycles. The van der Waals surface area contributed by atoms with E-state index in [2.05, 4.69) is 6.92 Å². The lowest BCUT2D eigenvalue weighted by Crippen LogP contribution is -2.07. The SMILES string of the molecule is CCCCOc1ccc(OP(=O)(O)O)c(OCCCC)c1OCCCC. The van der Waals surface area contributed by atoms with Gasteiger partial charge in [-0.05, 0) is 31.4 Å². The molecule has 0 unspecified atom stereocenters. The maximum absolute atomic E-state index is 11.3. The minimum absolute atomic E-state index is 0.0521. The van der Waals surface area contributed by atoms with Gasteiger partial charge < -0.3 is 18.7 Å². The lowest BCUT2D eigenvalue weighted by Gasteiger charge is -2.20. The second kappa shape index (κ2) is 12.0. The Morgan fingerprint density at radius 1 is 0.769 bits per heavy atom. The van der Waals surface area contributed by atoms with Gasteiger partial charge in [-0.15, -0.1) is 0 Å². The van der Waals surface area contributed by atoms with Crippen molar-refractivity contribution in [2.45, 2.75) is 59.3 Å². The largest absolute Gasteiger partial charge is 0.524 e. The molecule has 0 saturated carbocycles. The molecule has 8 heteroatoms. The standard InChI is InChI=1S/C18H31O7P/c1-4-7-12-22-15-10-11-16(25-26(19,20)21)18(24-14-9-6-3)17(15)23-13-8-5-2/h10-11H,4-9,12-14H2,1-3H3,(H2,19,20,21). The second-order valence-electron chi connectivity index (χ2n) is 5.91. The highest BCUT2D eigenvalue weighted by atomic mass is 31.2. The van der Waals surface area contributed by atoms with Crippen molar-refractivity contribution in [1.29, 1.82) is 0 Å². The average molecular weight is 390 g/mol. The number of rotatable bonds is 14. The first-order valence-corrected chi connectivity index (χ1v) is 10.8. The molecule has 1 aromatic carbocycles. The van der Waals surface area contributed by atoms with Gasteiger partial charge in [0.25, 0.3) is 0 Å². The van der Waals surface area contributed by atoms with E-state index in [1.165, 1.54) is 6.07 Å². The molecule has 1 aromatic rings. The molecule has 0 atom stereocenters. The van der Waals surface area contributed by atoms with Gasteiger partial charge in [0.15, 0.2) is 11.5 Å². The van der Waals surface area contributed by atoms with Gasteiger partial charge in [0.1, 0.15) is 0 Å². The smallest absolute Gasteiger partial charge is 0.490 e. The molecule has 0 heterocycles. The van der Waals surface area contributed by atoms with Crippen LogP contribution in [0.1, 0.15) is 59.3 Å². The van der Waals surface area contributed by atoms with E-state index in [9.17, 15) is 14.4 Å². The van der Waals surface area contributed by atoms with Gasteiger partial charge in [-0.25, -0.2) is 4.57 Å². The summed E-state index contributed by atoms with van der Waals surface area (Å²) >= 11 is 0. The first kappa shape index (κ1) is 22.6. The van der Waals surface area contributed by atoms with Crippen molar-refractivity contribution in [2.75, 3.05) is 19.8 Å². The fraction of sp³-hybridized carbons (Fsp3) is 0.667. The molecule has 0 aromatic heterocycles. The lowest BCUT2D eigenvalue weighted by molar-refractivity contribution is 0.227. The molecule has 150 valence electrons. The van der Waals surface area contributed by atoms with Crippen LogP contribution >= 0.6 is 7.82 Å². The minimum atomic E-state index is -4.72. The summed E-state index contributed by atoms with van der Waals surface area (Å²) in [5.41, 5.74) is 0. The van der Waals surface area contributed by atoms with E-state index >= 15 is 0 Å². The number of phosphoric ester groups is 1. The van der Waals surface area contributed by atoms with Gasteiger partial charge in [-0.3, -0.25) is 9.79 Å². The van der Waals surface area contributed by atoms with E-state index in [1.54, 1.807) is 6.07 Å². The van der Waals surface area contributed by atoms with Crippen LogP contribution in [0.25, 0.3) is 0 Å². The van der Waals surface area contributed by atoms with Crippen LogP contribution in [0.5, 0.6) is 23.0 Å². The van der Waals surface area contributed by atoms with E-state index < -0.39 is 7.82 Å². The normalized spacial score (nSPS) is 11.3. The summed E-state index contributed by atoms with van der Waals surface area (Å²) in [5.74, 6) is 0.936. The molecule has 0 bridgehead atoms. The van der Waals surface area contributed by atoms with Gasteiger partial charge in [0.05, 0.1) is 19.8 Å². The molecule has 0 fully saturated rings. The van der Waals surface area contributed by atoms with Crippen molar-refractivity contribution in [3.05, 3.63) is 12.1 Å². The Morgan fingerprint density at radius 2 is 1.19 bits per heavy atom. The summed E-state index contributed by atoms with van der Waals surface area (Å²) < 4.78 is 33.5. The fourth-order valence-electron chi connectivity index (χ4n) is 2.08. The Morgan fingerprint density at radius 3 is 1.65 bits per heavy atom. The summed E-state index contributed by atoms with van der Waals surface area (Å²) in [7, 11) is -4.72. The van der Waals surface area contributed by atoms with E-state index in [0.717, 1.165) is 38.5 Å². The molecule has 0 amide bonds. The van der Waals surface area contributed by atoms with Crippen LogP contribution in [-0.2, 0) is 4.57 Å². The van der Waals surface area contributed by atoms with Crippen molar-refractivity contribution in [1.82, 2.24) is 0 Å². The van der Waals surface area contributed by atoms with Crippen LogP contribution in [0.2, 0.25) is 0 Å². The lowest BCUT2D eigenvalue weighted by atomic mass is 10.2. The van der Waals surface area contributed by atoms with Crippen LogP contribution in [0.15, 0.2) is 12.1 Å². The van der Waals surface area contributed by atoms with Gasteiger partial charge in [0, 0.05) is 0 Å². The number of ether oxygens (including phenoxy) is 3. The predicted octanol–water partition coefficient (Wildman–Crippen LogP) is 4.69. The van der Waals surface area contributed by atoms with E-state index in [4.69, 9.17) is 18.7 Å². The van der Waals surface area contributed by atoms with E-state index in [1.807, 2.05) is 13.8 Å². The fourth-order valence-corrected chi connectivity index (χ4v) is 2.48. The highest BCUT2D eigenvalue weighted by molar-refractivity contribution is 7.46. The highest BCUT2D eigenvalue weighted by Gasteiger charge is 2.25. The monoisotopic (exact) mass is 390 g/mol. The summed E-state index contributed by atoms with van der Waals surface area (Å²) in [6.45, 7) is 7.50. The van der Waals surface area contributed by atoms with E-state index in [-0.39, 0.29) is 11.5 Å². The molecular weight excluding hydrogens is 359 g/mol. The molecule has 0 aliphatic heterocycles. The maximum atomic E-state index is 11.3. The summed E-state index contributed by atoms with van der Waals surface area (Å²) in [5, 5.41) is 0.